The fourth-order valence-corrected chi connectivity index (χ4v) is 1.84. The Balaban J connectivity index is 2.49. The lowest BCUT2D eigenvalue weighted by atomic mass is 9.99. The zero-order chi connectivity index (χ0) is 15.1. The minimum Gasteiger partial charge on any atom is -0.484 e. The Morgan fingerprint density at radius 1 is 1.35 bits per heavy atom. The van der Waals surface area contributed by atoms with E-state index in [1.807, 2.05) is 6.92 Å². The Labute approximate surface area is 126 Å². The second kappa shape index (κ2) is 7.89. The van der Waals surface area contributed by atoms with Gasteiger partial charge in [-0.2, -0.15) is 0 Å². The summed E-state index contributed by atoms with van der Waals surface area (Å²) in [6, 6.07) is 6.15. The van der Waals surface area contributed by atoms with Crippen LogP contribution in [0.25, 0.3) is 0 Å². The summed E-state index contributed by atoms with van der Waals surface area (Å²) in [6.45, 7) is 3.46. The Hall–Kier alpha value is -1.56. The fraction of sp³-hybridized carbons (Fsp3) is 0.429. The summed E-state index contributed by atoms with van der Waals surface area (Å²) in [5.41, 5.74) is 0. The number of aliphatic carboxylic acids is 1. The van der Waals surface area contributed by atoms with Crippen molar-refractivity contribution in [1.29, 1.82) is 0 Å². The highest BCUT2D eigenvalue weighted by molar-refractivity contribution is 9.10. The van der Waals surface area contributed by atoms with Crippen molar-refractivity contribution >= 4 is 27.8 Å². The number of carbonyl (C=O) groups excluding carboxylic acids is 1. The van der Waals surface area contributed by atoms with Gasteiger partial charge in [0.15, 0.2) is 6.61 Å². The lowest BCUT2D eigenvalue weighted by molar-refractivity contribution is -0.143. The number of rotatable bonds is 7. The molecule has 0 fully saturated rings. The van der Waals surface area contributed by atoms with Crippen molar-refractivity contribution in [2.45, 2.75) is 26.3 Å². The minimum absolute atomic E-state index is 0.135. The SMILES string of the molecule is CCC(C)C(NC(=O)COc1ccc(Br)cc1)C(=O)O. The Bertz CT molecular complexity index is 461. The normalized spacial score (nSPS) is 13.3. The highest BCUT2D eigenvalue weighted by Crippen LogP contribution is 2.16. The average Bonchev–Trinajstić information content (AvgIpc) is 2.43. The van der Waals surface area contributed by atoms with Crippen LogP contribution in [-0.2, 0) is 9.59 Å². The average molecular weight is 344 g/mol. The predicted molar refractivity (Wildman–Crippen MR) is 78.7 cm³/mol. The summed E-state index contributed by atoms with van der Waals surface area (Å²) >= 11 is 3.30. The second-order valence-electron chi connectivity index (χ2n) is 4.51. The highest BCUT2D eigenvalue weighted by atomic mass is 79.9. The van der Waals surface area contributed by atoms with Gasteiger partial charge >= 0.3 is 5.97 Å². The van der Waals surface area contributed by atoms with Crippen molar-refractivity contribution in [3.05, 3.63) is 28.7 Å². The van der Waals surface area contributed by atoms with Crippen LogP contribution >= 0.6 is 15.9 Å². The van der Waals surface area contributed by atoms with E-state index in [9.17, 15) is 9.59 Å². The first-order chi connectivity index (χ1) is 9.43. The molecule has 6 heteroatoms. The molecular formula is C14H18BrNO4. The predicted octanol–water partition coefficient (Wildman–Crippen LogP) is 2.44. The van der Waals surface area contributed by atoms with E-state index in [1.54, 1.807) is 31.2 Å². The molecule has 0 radical (unpaired) electrons. The van der Waals surface area contributed by atoms with Crippen molar-refractivity contribution in [2.24, 2.45) is 5.92 Å². The molecule has 0 aliphatic carbocycles. The molecular weight excluding hydrogens is 326 g/mol. The quantitative estimate of drug-likeness (QED) is 0.797. The summed E-state index contributed by atoms with van der Waals surface area (Å²) in [4.78, 5) is 22.8. The monoisotopic (exact) mass is 343 g/mol. The molecule has 1 aromatic rings. The number of carboxylic acids is 1. The fourth-order valence-electron chi connectivity index (χ4n) is 1.58. The van der Waals surface area contributed by atoms with Gasteiger partial charge in [-0.05, 0) is 30.2 Å². The summed E-state index contributed by atoms with van der Waals surface area (Å²) < 4.78 is 6.20. The second-order valence-corrected chi connectivity index (χ2v) is 5.43. The number of amides is 1. The van der Waals surface area contributed by atoms with Gasteiger partial charge in [-0.15, -0.1) is 0 Å². The van der Waals surface area contributed by atoms with Crippen LogP contribution < -0.4 is 10.1 Å². The van der Waals surface area contributed by atoms with Crippen molar-refractivity contribution in [3.63, 3.8) is 0 Å². The molecule has 0 heterocycles. The summed E-state index contributed by atoms with van der Waals surface area (Å²) in [5, 5.41) is 11.6. The Kier molecular flexibility index (Phi) is 6.51. The van der Waals surface area contributed by atoms with Crippen molar-refractivity contribution in [1.82, 2.24) is 5.32 Å². The first-order valence-corrected chi connectivity index (χ1v) is 7.13. The number of ether oxygens (including phenoxy) is 1. The lowest BCUT2D eigenvalue weighted by Gasteiger charge is -2.20. The van der Waals surface area contributed by atoms with Crippen molar-refractivity contribution in [2.75, 3.05) is 6.61 Å². The highest BCUT2D eigenvalue weighted by Gasteiger charge is 2.25. The van der Waals surface area contributed by atoms with E-state index in [-0.39, 0.29) is 12.5 Å². The summed E-state index contributed by atoms with van der Waals surface area (Å²) in [5.74, 6) is -1.06. The van der Waals surface area contributed by atoms with Gasteiger partial charge in [0.05, 0.1) is 0 Å². The molecule has 1 aromatic carbocycles. The molecule has 1 rings (SSSR count). The first-order valence-electron chi connectivity index (χ1n) is 6.34. The number of hydrogen-bond acceptors (Lipinski definition) is 3. The smallest absolute Gasteiger partial charge is 0.326 e. The maximum Gasteiger partial charge on any atom is 0.326 e. The molecule has 2 atom stereocenters. The van der Waals surface area contributed by atoms with Crippen LogP contribution in [0.15, 0.2) is 28.7 Å². The number of benzene rings is 1. The molecule has 2 N–H and O–H groups in total. The third kappa shape index (κ3) is 5.21. The first kappa shape index (κ1) is 16.5. The molecule has 0 saturated carbocycles. The molecule has 1 amide bonds. The van der Waals surface area contributed by atoms with Gasteiger partial charge in [-0.3, -0.25) is 4.79 Å². The standard InChI is InChI=1S/C14H18BrNO4/c1-3-9(2)13(14(18)19)16-12(17)8-20-11-6-4-10(15)5-7-11/h4-7,9,13H,3,8H2,1-2H3,(H,16,17)(H,18,19). The molecule has 20 heavy (non-hydrogen) atoms. The number of nitrogens with one attached hydrogen (secondary N) is 1. The number of hydrogen-bond donors (Lipinski definition) is 2. The minimum atomic E-state index is -1.03. The van der Waals surface area contributed by atoms with E-state index in [2.05, 4.69) is 21.2 Å². The van der Waals surface area contributed by atoms with Gasteiger partial charge in [0, 0.05) is 4.47 Å². The summed E-state index contributed by atoms with van der Waals surface area (Å²) in [6.07, 6.45) is 0.671. The van der Waals surface area contributed by atoms with E-state index >= 15 is 0 Å². The van der Waals surface area contributed by atoms with Crippen LogP contribution in [-0.4, -0.2) is 29.6 Å². The maximum absolute atomic E-state index is 11.7. The molecule has 0 aromatic heterocycles. The number of halogens is 1. The molecule has 0 saturated heterocycles. The maximum atomic E-state index is 11.7. The lowest BCUT2D eigenvalue weighted by Crippen LogP contribution is -2.46. The van der Waals surface area contributed by atoms with Gasteiger partial charge in [0.25, 0.3) is 5.91 Å². The third-order valence-corrected chi connectivity index (χ3v) is 3.51. The van der Waals surface area contributed by atoms with Crippen LogP contribution in [0.2, 0.25) is 0 Å². The molecule has 5 nitrogen and oxygen atoms in total. The van der Waals surface area contributed by atoms with Gasteiger partial charge in [0.1, 0.15) is 11.8 Å². The van der Waals surface area contributed by atoms with E-state index in [4.69, 9.17) is 9.84 Å². The van der Waals surface area contributed by atoms with E-state index < -0.39 is 17.9 Å². The van der Waals surface area contributed by atoms with Gasteiger partial charge in [0.2, 0.25) is 0 Å². The van der Waals surface area contributed by atoms with Crippen LogP contribution in [0.3, 0.4) is 0 Å². The van der Waals surface area contributed by atoms with Gasteiger partial charge < -0.3 is 15.2 Å². The molecule has 110 valence electrons. The van der Waals surface area contributed by atoms with Crippen LogP contribution in [0, 0.1) is 5.92 Å². The van der Waals surface area contributed by atoms with Gasteiger partial charge in [-0.25, -0.2) is 4.79 Å². The molecule has 2 unspecified atom stereocenters. The molecule has 0 aliphatic heterocycles. The van der Waals surface area contributed by atoms with Crippen molar-refractivity contribution in [3.8, 4) is 5.75 Å². The third-order valence-electron chi connectivity index (χ3n) is 2.98. The zero-order valence-electron chi connectivity index (χ0n) is 11.4. The van der Waals surface area contributed by atoms with Gasteiger partial charge in [-0.1, -0.05) is 36.2 Å². The largest absolute Gasteiger partial charge is 0.484 e. The van der Waals surface area contributed by atoms with Crippen LogP contribution in [0.4, 0.5) is 0 Å². The molecule has 0 spiro atoms. The van der Waals surface area contributed by atoms with Crippen LogP contribution in [0.5, 0.6) is 5.75 Å². The van der Waals surface area contributed by atoms with E-state index in [1.165, 1.54) is 0 Å². The number of carboxylic acid groups (broad SMARTS) is 1. The number of carbonyl (C=O) groups is 2. The zero-order valence-corrected chi connectivity index (χ0v) is 13.0. The van der Waals surface area contributed by atoms with Crippen LogP contribution in [0.1, 0.15) is 20.3 Å². The Morgan fingerprint density at radius 2 is 1.95 bits per heavy atom. The molecule has 0 aliphatic rings. The topological polar surface area (TPSA) is 75.6 Å². The van der Waals surface area contributed by atoms with E-state index in [0.29, 0.717) is 12.2 Å². The molecule has 0 bridgehead atoms. The summed E-state index contributed by atoms with van der Waals surface area (Å²) in [7, 11) is 0. The Morgan fingerprint density at radius 3 is 2.45 bits per heavy atom. The van der Waals surface area contributed by atoms with Crippen molar-refractivity contribution < 1.29 is 19.4 Å². The van der Waals surface area contributed by atoms with E-state index in [0.717, 1.165) is 4.47 Å².